The number of pyridine rings is 1. The van der Waals surface area contributed by atoms with Crippen LogP contribution in [0.25, 0.3) is 0 Å². The number of hydrogen-bond donors (Lipinski definition) is 2. The zero-order chi connectivity index (χ0) is 31.9. The molecule has 1 fully saturated rings. The van der Waals surface area contributed by atoms with Gasteiger partial charge in [-0.1, -0.05) is 43.1 Å². The number of carbonyl (C=O) groups is 2. The number of nitrogens with zero attached hydrogens (tertiary/aromatic N) is 5. The summed E-state index contributed by atoms with van der Waals surface area (Å²) in [5.74, 6) is -1.37. The number of nitrogens with one attached hydrogen (secondary N) is 2. The number of amides is 2. The van der Waals surface area contributed by atoms with Crippen LogP contribution < -0.4 is 10.6 Å². The molecule has 1 atom stereocenters. The fourth-order valence-corrected chi connectivity index (χ4v) is 3.93. The molecule has 1 aromatic heterocycles. The Bertz CT molecular complexity index is 1320. The number of likely N-dealkylation sites (tertiary alicyclic amines) is 1. The van der Waals surface area contributed by atoms with Crippen molar-refractivity contribution in [1.29, 1.82) is 0 Å². The highest BCUT2D eigenvalue weighted by Gasteiger charge is 2.28. The monoisotopic (exact) mass is 643 g/mol. The number of rotatable bonds is 7. The Balaban J connectivity index is 0.000000550. The zero-order valence-electron chi connectivity index (χ0n) is 23.4. The molecule has 232 valence electrons. The summed E-state index contributed by atoms with van der Waals surface area (Å²) in [6.07, 6.45) is 4.03. The molecule has 0 bridgehead atoms. The fourth-order valence-electron chi connectivity index (χ4n) is 3.68. The third kappa shape index (κ3) is 11.3. The molecule has 2 aliphatic rings. The smallest absolute Gasteiger partial charge is 0.271 e. The third-order valence-electron chi connectivity index (χ3n) is 5.60. The van der Waals surface area contributed by atoms with Crippen LogP contribution in [0.5, 0.6) is 0 Å². The first-order valence-electron chi connectivity index (χ1n) is 13.1. The Morgan fingerprint density at radius 1 is 1.16 bits per heavy atom. The summed E-state index contributed by atoms with van der Waals surface area (Å²) < 4.78 is 48.7. The maximum atomic E-state index is 12.5. The molecule has 0 saturated carbocycles. The van der Waals surface area contributed by atoms with Gasteiger partial charge in [0.1, 0.15) is 28.9 Å². The molecule has 4 rings (SSSR count). The quantitative estimate of drug-likeness (QED) is 0.242. The number of hydrogen-bond acceptors (Lipinski definition) is 7. The van der Waals surface area contributed by atoms with Crippen LogP contribution in [0.1, 0.15) is 30.8 Å². The first-order valence-corrected chi connectivity index (χ1v) is 13.9. The molecule has 1 aromatic carbocycles. The average Bonchev–Trinajstić information content (AvgIpc) is 3.47. The van der Waals surface area contributed by atoms with Crippen LogP contribution in [0.15, 0.2) is 70.7 Å². The largest absolute Gasteiger partial charge is 0.353 e. The van der Waals surface area contributed by atoms with E-state index in [0.717, 1.165) is 24.3 Å². The molecule has 2 amide bonds. The van der Waals surface area contributed by atoms with Gasteiger partial charge in [-0.15, -0.1) is 0 Å². The summed E-state index contributed by atoms with van der Waals surface area (Å²) >= 11 is 11.8. The molecule has 0 spiro atoms. The lowest BCUT2D eigenvalue weighted by Crippen LogP contribution is -2.40. The number of hydrazone groups is 1. The van der Waals surface area contributed by atoms with Crippen molar-refractivity contribution in [2.24, 2.45) is 10.1 Å². The van der Waals surface area contributed by atoms with Crippen molar-refractivity contribution >= 4 is 47.6 Å². The summed E-state index contributed by atoms with van der Waals surface area (Å²) in [6.45, 7) is 7.87. The first kappa shape index (κ1) is 35.2. The van der Waals surface area contributed by atoms with Gasteiger partial charge in [-0.05, 0) is 49.5 Å². The number of amidine groups is 1. The Morgan fingerprint density at radius 3 is 2.40 bits per heavy atom. The number of halogens is 6. The van der Waals surface area contributed by atoms with Gasteiger partial charge in [-0.2, -0.15) is 5.10 Å². The minimum absolute atomic E-state index is 0.0118. The summed E-state index contributed by atoms with van der Waals surface area (Å²) in [7, 11) is 0. The lowest BCUT2D eigenvalue weighted by Gasteiger charge is -2.27. The highest BCUT2D eigenvalue weighted by Crippen LogP contribution is 2.21. The van der Waals surface area contributed by atoms with E-state index in [1.807, 2.05) is 18.7 Å². The van der Waals surface area contributed by atoms with Gasteiger partial charge in [0.2, 0.25) is 0 Å². The van der Waals surface area contributed by atoms with Gasteiger partial charge >= 0.3 is 0 Å². The molecular weight excluding hydrogens is 613 g/mol. The second-order valence-corrected chi connectivity index (χ2v) is 9.38. The summed E-state index contributed by atoms with van der Waals surface area (Å²) in [5, 5.41) is 11.3. The number of aliphatic imine (C=N–C) groups is 1. The van der Waals surface area contributed by atoms with E-state index in [-0.39, 0.29) is 39.9 Å². The number of alkyl halides is 2. The lowest BCUT2D eigenvalue weighted by atomic mass is 10.2. The van der Waals surface area contributed by atoms with E-state index in [0.29, 0.717) is 25.3 Å². The molecular formula is C28H31Cl2F4N7O2. The predicted octanol–water partition coefficient (Wildman–Crippen LogP) is 5.29. The minimum atomic E-state index is -2.68. The molecule has 15 heteroatoms. The van der Waals surface area contributed by atoms with Crippen molar-refractivity contribution < 1.29 is 27.2 Å². The molecule has 2 N–H and O–H groups in total. The van der Waals surface area contributed by atoms with Gasteiger partial charge in [0.25, 0.3) is 18.2 Å². The molecule has 9 nitrogen and oxygen atoms in total. The third-order valence-corrected chi connectivity index (χ3v) is 6.31. The van der Waals surface area contributed by atoms with Gasteiger partial charge in [-0.25, -0.2) is 22.5 Å². The Kier molecular flexibility index (Phi) is 14.6. The molecule has 2 aromatic rings. The van der Waals surface area contributed by atoms with Crippen molar-refractivity contribution in [1.82, 2.24) is 25.5 Å². The maximum Gasteiger partial charge on any atom is 0.271 e. The van der Waals surface area contributed by atoms with Gasteiger partial charge in [0.05, 0.1) is 29.3 Å². The first-order chi connectivity index (χ1) is 20.6. The second-order valence-electron chi connectivity index (χ2n) is 8.57. The molecule has 0 unspecified atom stereocenters. The van der Waals surface area contributed by atoms with Crippen molar-refractivity contribution in [3.8, 4) is 0 Å². The van der Waals surface area contributed by atoms with E-state index in [2.05, 4.69) is 32.4 Å². The van der Waals surface area contributed by atoms with Crippen LogP contribution in [0.2, 0.25) is 10.0 Å². The molecule has 0 radical (unpaired) electrons. The predicted molar refractivity (Wildman–Crippen MR) is 159 cm³/mol. The number of aromatic nitrogens is 1. The van der Waals surface area contributed by atoms with Crippen molar-refractivity contribution in [3.63, 3.8) is 0 Å². The Labute approximate surface area is 257 Å². The van der Waals surface area contributed by atoms with Crippen LogP contribution in [-0.2, 0) is 4.79 Å². The Morgan fingerprint density at radius 2 is 1.81 bits per heavy atom. The highest BCUT2D eigenvalue weighted by atomic mass is 35.5. The standard InChI is InChI=1S/C20H21Cl2F2N7O2.C6H4F2.C2H6/c1-25-9-16(20(33)27-10-17(23)24)31-5-2-3-18(29-31)30-6-4-12(11-30)28-19(32)15-7-13(21)14(22)8-26-15;7-5-1-2-6(8)4-3-5;1-2/h2-3,7-9,12,17H,1,4-6,10-11H2,(H,27,33)(H,28,32);1-4H;1-2H3/b16-9-;;/t12-;;/m0../s1. The second kappa shape index (κ2) is 17.9. The number of benzene rings is 1. The van der Waals surface area contributed by atoms with Gasteiger partial charge < -0.3 is 15.5 Å². The molecule has 1 saturated heterocycles. The van der Waals surface area contributed by atoms with Crippen LogP contribution in [0.3, 0.4) is 0 Å². The van der Waals surface area contributed by atoms with E-state index >= 15 is 0 Å². The summed E-state index contributed by atoms with van der Waals surface area (Å²) in [6, 6.07) is 5.55. The molecule has 3 heterocycles. The minimum Gasteiger partial charge on any atom is -0.353 e. The summed E-state index contributed by atoms with van der Waals surface area (Å²) in [5.41, 5.74) is 0.146. The lowest BCUT2D eigenvalue weighted by molar-refractivity contribution is -0.119. The van der Waals surface area contributed by atoms with E-state index in [1.165, 1.54) is 23.5 Å². The fraction of sp³-hybridized carbons (Fsp3) is 0.321. The van der Waals surface area contributed by atoms with E-state index in [4.69, 9.17) is 23.2 Å². The van der Waals surface area contributed by atoms with Crippen molar-refractivity contribution in [2.75, 3.05) is 26.2 Å². The van der Waals surface area contributed by atoms with Gasteiger partial charge in [-0.3, -0.25) is 19.6 Å². The summed E-state index contributed by atoms with van der Waals surface area (Å²) in [4.78, 5) is 34.3. The van der Waals surface area contributed by atoms with Crippen LogP contribution in [0.4, 0.5) is 17.6 Å². The van der Waals surface area contributed by atoms with Crippen LogP contribution in [-0.4, -0.2) is 77.9 Å². The zero-order valence-corrected chi connectivity index (χ0v) is 24.9. The van der Waals surface area contributed by atoms with Crippen LogP contribution in [0, 0.1) is 11.6 Å². The van der Waals surface area contributed by atoms with E-state index in [9.17, 15) is 27.2 Å². The van der Waals surface area contributed by atoms with Crippen LogP contribution >= 0.6 is 23.2 Å². The molecule has 0 aliphatic carbocycles. The molecule has 43 heavy (non-hydrogen) atoms. The van der Waals surface area contributed by atoms with Gasteiger partial charge in [0, 0.05) is 25.3 Å². The van der Waals surface area contributed by atoms with Crippen molar-refractivity contribution in [3.05, 3.63) is 88.0 Å². The van der Waals surface area contributed by atoms with Gasteiger partial charge in [0.15, 0.2) is 0 Å². The van der Waals surface area contributed by atoms with Crippen molar-refractivity contribution in [2.45, 2.75) is 32.7 Å². The maximum absolute atomic E-state index is 12.5. The number of carbonyl (C=O) groups excluding carboxylic acids is 2. The highest BCUT2D eigenvalue weighted by molar-refractivity contribution is 6.42. The normalized spacial score (nSPS) is 16.0. The van der Waals surface area contributed by atoms with E-state index in [1.54, 1.807) is 12.2 Å². The topological polar surface area (TPSA) is 102 Å². The average molecular weight is 645 g/mol. The van der Waals surface area contributed by atoms with E-state index < -0.39 is 30.5 Å². The Hall–Kier alpha value is -3.97. The SMILES string of the molecule is C=N/C=C(/C(=O)NCC(F)F)N1CC=CC(N2CC[C@H](NC(=O)c3cc(Cl)c(Cl)cn3)C2)=N1.CC.Fc1ccc(F)cc1. The molecule has 2 aliphatic heterocycles.